The molecule has 0 saturated heterocycles. The maximum atomic E-state index is 12.0. The molecule has 0 spiro atoms. The van der Waals surface area contributed by atoms with Crippen molar-refractivity contribution in [1.82, 2.24) is 0 Å². The molecule has 1 rings (SSSR count). The van der Waals surface area contributed by atoms with E-state index in [2.05, 4.69) is 0 Å². The zero-order valence-electron chi connectivity index (χ0n) is 4.53. The molecule has 0 aromatic carbocycles. The van der Waals surface area contributed by atoms with Gasteiger partial charge in [-0.3, -0.25) is 0 Å². The molecule has 0 bridgehead atoms. The second kappa shape index (κ2) is 2.22. The van der Waals surface area contributed by atoms with Crippen LogP contribution >= 0.6 is 24.0 Å². The molecule has 1 nitrogen and oxygen atoms in total. The van der Waals surface area contributed by atoms with Gasteiger partial charge in [-0.15, -0.1) is 24.0 Å². The van der Waals surface area contributed by atoms with Gasteiger partial charge in [-0.2, -0.15) is 0 Å². The van der Waals surface area contributed by atoms with Gasteiger partial charge in [0.2, 0.25) is 0 Å². The highest BCUT2D eigenvalue weighted by Crippen LogP contribution is 2.56. The van der Waals surface area contributed by atoms with E-state index < -0.39 is 10.8 Å². The maximum absolute atomic E-state index is 12.0. The Morgan fingerprint density at radius 1 is 1.56 bits per heavy atom. The molecule has 1 unspecified atom stereocenters. The Kier molecular flexibility index (Phi) is 2.32. The van der Waals surface area contributed by atoms with Crippen molar-refractivity contribution in [1.29, 1.82) is 0 Å². The Labute approximate surface area is 63.0 Å². The Morgan fingerprint density at radius 3 is 1.89 bits per heavy atom. The summed E-state index contributed by atoms with van der Waals surface area (Å²) in [4.78, 5) is -1.40. The molecule has 0 aromatic heterocycles. The second-order valence-electron chi connectivity index (χ2n) is 2.05. The molecule has 1 aliphatic rings. The molecule has 1 atom stereocenters. The van der Waals surface area contributed by atoms with E-state index in [-0.39, 0.29) is 25.4 Å². The summed E-state index contributed by atoms with van der Waals surface area (Å²) in [6.45, 7) is -0.137. The number of rotatable bonds is 1. The third-order valence-corrected chi connectivity index (χ3v) is 1.92. The third kappa shape index (κ3) is 1.28. The number of alkyl halides is 3. The Balaban J connectivity index is 0.000000640. The molecule has 0 heterocycles. The van der Waals surface area contributed by atoms with E-state index in [1.165, 1.54) is 0 Å². The fourth-order valence-corrected chi connectivity index (χ4v) is 0.697. The highest BCUT2D eigenvalue weighted by Gasteiger charge is 2.69. The molecule has 9 heavy (non-hydrogen) atoms. The molecular weight excluding hydrogens is 171 g/mol. The topological polar surface area (TPSA) is 26.0 Å². The molecule has 56 valence electrons. The molecule has 0 aromatic rings. The minimum Gasteiger partial charge on any atom is -0.328 e. The van der Waals surface area contributed by atoms with Crippen LogP contribution in [0.4, 0.5) is 8.78 Å². The zero-order valence-corrected chi connectivity index (χ0v) is 6.11. The van der Waals surface area contributed by atoms with Crippen molar-refractivity contribution in [2.24, 2.45) is 5.73 Å². The smallest absolute Gasteiger partial charge is 0.270 e. The number of halogens is 4. The highest BCUT2D eigenvalue weighted by atomic mass is 35.5. The van der Waals surface area contributed by atoms with Crippen LogP contribution < -0.4 is 5.73 Å². The SMILES string of the molecule is Cl.NCC1(Cl)CC1(F)F. The van der Waals surface area contributed by atoms with Gasteiger partial charge in [0.05, 0.1) is 0 Å². The lowest BCUT2D eigenvalue weighted by Crippen LogP contribution is -2.22. The van der Waals surface area contributed by atoms with Crippen LogP contribution in [0.2, 0.25) is 0 Å². The number of hydrogen-bond acceptors (Lipinski definition) is 1. The van der Waals surface area contributed by atoms with Gasteiger partial charge in [-0.05, 0) is 0 Å². The fourth-order valence-electron chi connectivity index (χ4n) is 0.529. The predicted molar refractivity (Wildman–Crippen MR) is 34.5 cm³/mol. The monoisotopic (exact) mass is 177 g/mol. The number of hydrogen-bond donors (Lipinski definition) is 1. The fraction of sp³-hybridized carbons (Fsp3) is 1.00. The lowest BCUT2D eigenvalue weighted by atomic mass is 10.4. The van der Waals surface area contributed by atoms with E-state index in [1.807, 2.05) is 0 Å². The van der Waals surface area contributed by atoms with E-state index in [0.717, 1.165) is 0 Å². The van der Waals surface area contributed by atoms with Crippen molar-refractivity contribution < 1.29 is 8.78 Å². The first kappa shape index (κ1) is 9.40. The van der Waals surface area contributed by atoms with Crippen molar-refractivity contribution in [3.05, 3.63) is 0 Å². The van der Waals surface area contributed by atoms with Crippen LogP contribution in [0.5, 0.6) is 0 Å². The van der Waals surface area contributed by atoms with Gasteiger partial charge < -0.3 is 5.73 Å². The van der Waals surface area contributed by atoms with Gasteiger partial charge in [0.1, 0.15) is 4.87 Å². The Hall–Kier alpha value is 0.400. The normalized spacial score (nSPS) is 37.3. The summed E-state index contributed by atoms with van der Waals surface area (Å²) in [6, 6.07) is 0. The largest absolute Gasteiger partial charge is 0.328 e. The van der Waals surface area contributed by atoms with Gasteiger partial charge in [0, 0.05) is 13.0 Å². The summed E-state index contributed by atoms with van der Waals surface area (Å²) in [5.74, 6) is -2.71. The molecule has 1 fully saturated rings. The van der Waals surface area contributed by atoms with Crippen LogP contribution in [0.25, 0.3) is 0 Å². The van der Waals surface area contributed by atoms with Gasteiger partial charge >= 0.3 is 0 Å². The lowest BCUT2D eigenvalue weighted by Gasteiger charge is -2.00. The first-order valence-electron chi connectivity index (χ1n) is 2.29. The quantitative estimate of drug-likeness (QED) is 0.603. The predicted octanol–water partition coefficient (Wildman–Crippen LogP) is 1.38. The molecule has 1 saturated carbocycles. The molecule has 5 heteroatoms. The van der Waals surface area contributed by atoms with Crippen molar-refractivity contribution in [2.45, 2.75) is 17.2 Å². The first-order chi connectivity index (χ1) is 3.52. The summed E-state index contributed by atoms with van der Waals surface area (Å²) >= 11 is 5.25. The second-order valence-corrected chi connectivity index (χ2v) is 2.77. The molecule has 0 aliphatic heterocycles. The Bertz CT molecular complexity index is 119. The Morgan fingerprint density at radius 2 is 1.89 bits per heavy atom. The van der Waals surface area contributed by atoms with E-state index in [1.54, 1.807) is 0 Å². The van der Waals surface area contributed by atoms with E-state index in [4.69, 9.17) is 17.3 Å². The standard InChI is InChI=1S/C4H6ClF2N.ClH/c5-3(2-8)1-4(3,6)7;/h1-2,8H2;1H. The number of nitrogens with two attached hydrogens (primary N) is 1. The first-order valence-corrected chi connectivity index (χ1v) is 2.66. The van der Waals surface area contributed by atoms with Crippen molar-refractivity contribution in [2.75, 3.05) is 6.54 Å². The molecule has 0 amide bonds. The summed E-state index contributed by atoms with van der Waals surface area (Å²) in [7, 11) is 0. The van der Waals surface area contributed by atoms with Crippen molar-refractivity contribution in [3.63, 3.8) is 0 Å². The van der Waals surface area contributed by atoms with Gasteiger partial charge in [0.15, 0.2) is 0 Å². The summed E-state index contributed by atoms with van der Waals surface area (Å²) in [6.07, 6.45) is -0.266. The average Bonchev–Trinajstić information content (AvgIpc) is 2.10. The van der Waals surface area contributed by atoms with E-state index in [0.29, 0.717) is 0 Å². The van der Waals surface area contributed by atoms with Crippen LogP contribution in [0.15, 0.2) is 0 Å². The minimum absolute atomic E-state index is 0. The van der Waals surface area contributed by atoms with Crippen LogP contribution in [0.1, 0.15) is 6.42 Å². The lowest BCUT2D eigenvalue weighted by molar-refractivity contribution is 0.106. The van der Waals surface area contributed by atoms with Gasteiger partial charge in [-0.1, -0.05) is 0 Å². The average molecular weight is 178 g/mol. The van der Waals surface area contributed by atoms with Crippen LogP contribution in [-0.4, -0.2) is 17.3 Å². The third-order valence-electron chi connectivity index (χ3n) is 1.36. The van der Waals surface area contributed by atoms with E-state index >= 15 is 0 Å². The summed E-state index contributed by atoms with van der Waals surface area (Å²) < 4.78 is 23.9. The van der Waals surface area contributed by atoms with Crippen LogP contribution in [0.3, 0.4) is 0 Å². The summed E-state index contributed by atoms with van der Waals surface area (Å²) in [5.41, 5.74) is 4.93. The van der Waals surface area contributed by atoms with Gasteiger partial charge in [0.25, 0.3) is 5.92 Å². The highest BCUT2D eigenvalue weighted by molar-refractivity contribution is 6.27. The molecule has 2 N–H and O–H groups in total. The maximum Gasteiger partial charge on any atom is 0.270 e. The zero-order chi connectivity index (χ0) is 6.41. The van der Waals surface area contributed by atoms with Crippen molar-refractivity contribution in [3.8, 4) is 0 Å². The van der Waals surface area contributed by atoms with Crippen LogP contribution in [0, 0.1) is 0 Å². The minimum atomic E-state index is -2.71. The summed E-state index contributed by atoms with van der Waals surface area (Å²) in [5, 5.41) is 0. The molecular formula is C4H7Cl2F2N. The molecule has 1 aliphatic carbocycles. The van der Waals surface area contributed by atoms with Crippen LogP contribution in [-0.2, 0) is 0 Å². The van der Waals surface area contributed by atoms with Crippen molar-refractivity contribution >= 4 is 24.0 Å². The molecule has 0 radical (unpaired) electrons. The van der Waals surface area contributed by atoms with Gasteiger partial charge in [-0.25, -0.2) is 8.78 Å². The van der Waals surface area contributed by atoms with E-state index in [9.17, 15) is 8.78 Å².